The summed E-state index contributed by atoms with van der Waals surface area (Å²) in [6, 6.07) is 0. The van der Waals surface area contributed by atoms with Crippen LogP contribution in [0.15, 0.2) is 11.6 Å². The molecule has 4 nitrogen and oxygen atoms in total. The highest BCUT2D eigenvalue weighted by Gasteiger charge is 2.58. The third-order valence-corrected chi connectivity index (χ3v) is 10.9. The summed E-state index contributed by atoms with van der Waals surface area (Å²) in [5.41, 5.74) is 2.37. The second-order valence-corrected chi connectivity index (χ2v) is 13.2. The van der Waals surface area contributed by atoms with Gasteiger partial charge in [-0.05, 0) is 91.8 Å². The van der Waals surface area contributed by atoms with Crippen LogP contribution in [0.5, 0.6) is 0 Å². The van der Waals surface area contributed by atoms with Crippen LogP contribution in [0, 0.1) is 40.4 Å². The Morgan fingerprint density at radius 3 is 2.41 bits per heavy atom. The van der Waals surface area contributed by atoms with E-state index in [1.165, 1.54) is 64.9 Å². The van der Waals surface area contributed by atoms with E-state index < -0.39 is 0 Å². The lowest BCUT2D eigenvalue weighted by atomic mass is 9.47. The molecule has 7 unspecified atom stereocenters. The number of carbonyl (C=O) groups excluding carboxylic acids is 2. The van der Waals surface area contributed by atoms with E-state index in [0.29, 0.717) is 5.41 Å². The molecule has 0 bridgehead atoms. The fourth-order valence-electron chi connectivity index (χ4n) is 8.81. The molecule has 4 aliphatic carbocycles. The first-order chi connectivity index (χ1) is 17.7. The van der Waals surface area contributed by atoms with Gasteiger partial charge in [0.15, 0.2) is 0 Å². The predicted octanol–water partition coefficient (Wildman–Crippen LogP) is 8.67. The number of rotatable bonds is 9. The summed E-state index contributed by atoms with van der Waals surface area (Å²) in [4.78, 5) is 23.6. The summed E-state index contributed by atoms with van der Waals surface area (Å²) in [5.74, 6) is 3.66. The van der Waals surface area contributed by atoms with Crippen molar-refractivity contribution >= 4 is 11.9 Å². The summed E-state index contributed by atoms with van der Waals surface area (Å²) < 4.78 is 10.4. The van der Waals surface area contributed by atoms with Crippen molar-refractivity contribution in [3.05, 3.63) is 11.6 Å². The van der Waals surface area contributed by atoms with Crippen LogP contribution in [-0.4, -0.2) is 25.2 Å². The van der Waals surface area contributed by atoms with Gasteiger partial charge in [-0.3, -0.25) is 9.59 Å². The first-order valence-corrected chi connectivity index (χ1v) is 15.6. The molecule has 0 heterocycles. The van der Waals surface area contributed by atoms with E-state index in [9.17, 15) is 9.59 Å². The van der Waals surface area contributed by atoms with E-state index in [1.54, 1.807) is 5.57 Å². The highest BCUT2D eigenvalue weighted by molar-refractivity contribution is 5.77. The molecule has 7 atom stereocenters. The van der Waals surface area contributed by atoms with Crippen LogP contribution in [-0.2, 0) is 19.1 Å². The Balaban J connectivity index is 0.00000186. The van der Waals surface area contributed by atoms with E-state index in [0.717, 1.165) is 48.9 Å². The molecule has 3 saturated carbocycles. The van der Waals surface area contributed by atoms with E-state index in [-0.39, 0.29) is 36.3 Å². The van der Waals surface area contributed by atoms with E-state index >= 15 is 0 Å². The molecule has 0 amide bonds. The van der Waals surface area contributed by atoms with Gasteiger partial charge in [0.05, 0.1) is 20.0 Å². The SMILES string of the molecule is CC.COC(=O)CCC(=O)OC1CCC2(C)C(=CCC3C2CCC2(C)C(CCCCC(C)C)CCC32)C1. The molecule has 0 aromatic heterocycles. The molecular weight excluding hydrogens is 460 g/mol. The van der Waals surface area contributed by atoms with Crippen LogP contribution in [0.25, 0.3) is 0 Å². The standard InChI is InChI=1S/C31H50O4.C2H6/c1-21(2)8-6-7-9-22-11-13-26-25-12-10-23-20-24(35-29(33)15-14-28(32)34-5)16-18-31(23,4)27(25)17-19-30(22,26)3;1-2/h10,21-22,24-27H,6-9,11-20H2,1-5H3;1-2H3. The Hall–Kier alpha value is -1.32. The van der Waals surface area contributed by atoms with Crippen molar-refractivity contribution in [1.29, 1.82) is 0 Å². The van der Waals surface area contributed by atoms with Crippen molar-refractivity contribution in [1.82, 2.24) is 0 Å². The van der Waals surface area contributed by atoms with Crippen molar-refractivity contribution in [3.63, 3.8) is 0 Å². The van der Waals surface area contributed by atoms with E-state index in [4.69, 9.17) is 4.74 Å². The van der Waals surface area contributed by atoms with Crippen LogP contribution >= 0.6 is 0 Å². The average molecular weight is 517 g/mol. The third kappa shape index (κ3) is 6.64. The zero-order valence-corrected chi connectivity index (χ0v) is 25.1. The molecule has 4 heteroatoms. The van der Waals surface area contributed by atoms with Gasteiger partial charge in [-0.2, -0.15) is 0 Å². The van der Waals surface area contributed by atoms with Crippen LogP contribution in [0.2, 0.25) is 0 Å². The number of allylic oxidation sites excluding steroid dienone is 1. The number of unbranched alkanes of at least 4 members (excludes halogenated alkanes) is 1. The summed E-state index contributed by atoms with van der Waals surface area (Å²) >= 11 is 0. The highest BCUT2D eigenvalue weighted by Crippen LogP contribution is 2.66. The van der Waals surface area contributed by atoms with Gasteiger partial charge in [0.2, 0.25) is 0 Å². The monoisotopic (exact) mass is 516 g/mol. The molecule has 4 rings (SSSR count). The molecule has 3 fully saturated rings. The lowest BCUT2D eigenvalue weighted by Crippen LogP contribution is -2.50. The van der Waals surface area contributed by atoms with Gasteiger partial charge in [0, 0.05) is 6.42 Å². The summed E-state index contributed by atoms with van der Waals surface area (Å²) in [6.45, 7) is 13.9. The van der Waals surface area contributed by atoms with Gasteiger partial charge in [0.1, 0.15) is 6.10 Å². The minimum Gasteiger partial charge on any atom is -0.469 e. The highest BCUT2D eigenvalue weighted by atomic mass is 16.5. The van der Waals surface area contributed by atoms with Gasteiger partial charge in [0.25, 0.3) is 0 Å². The Morgan fingerprint density at radius 1 is 0.973 bits per heavy atom. The summed E-state index contributed by atoms with van der Waals surface area (Å²) in [7, 11) is 1.35. The Bertz CT molecular complexity index is 800. The van der Waals surface area contributed by atoms with Crippen LogP contribution < -0.4 is 0 Å². The number of esters is 2. The largest absolute Gasteiger partial charge is 0.469 e. The van der Waals surface area contributed by atoms with Crippen LogP contribution in [0.3, 0.4) is 0 Å². The minimum absolute atomic E-state index is 0.0356. The Labute approximate surface area is 227 Å². The Kier molecular flexibility index (Phi) is 10.7. The number of carbonyl (C=O) groups is 2. The molecule has 0 radical (unpaired) electrons. The first kappa shape index (κ1) is 30.2. The summed E-state index contributed by atoms with van der Waals surface area (Å²) in [6.07, 6.45) is 18.2. The van der Waals surface area contributed by atoms with Gasteiger partial charge in [-0.25, -0.2) is 0 Å². The second-order valence-electron chi connectivity index (χ2n) is 13.2. The molecule has 0 saturated heterocycles. The number of fused-ring (bicyclic) bond motifs is 5. The molecule has 0 N–H and O–H groups in total. The van der Waals surface area contributed by atoms with Crippen LogP contribution in [0.4, 0.5) is 0 Å². The first-order valence-electron chi connectivity index (χ1n) is 15.6. The molecule has 0 spiro atoms. The Morgan fingerprint density at radius 2 is 1.70 bits per heavy atom. The molecule has 0 aromatic rings. The van der Waals surface area contributed by atoms with Gasteiger partial charge in [-0.15, -0.1) is 0 Å². The molecule has 4 aliphatic rings. The van der Waals surface area contributed by atoms with Crippen molar-refractivity contribution in [2.45, 2.75) is 138 Å². The maximum Gasteiger partial charge on any atom is 0.306 e. The predicted molar refractivity (Wildman–Crippen MR) is 151 cm³/mol. The number of ether oxygens (including phenoxy) is 2. The van der Waals surface area contributed by atoms with Gasteiger partial charge < -0.3 is 9.47 Å². The third-order valence-electron chi connectivity index (χ3n) is 10.9. The maximum absolute atomic E-state index is 12.3. The lowest BCUT2D eigenvalue weighted by molar-refractivity contribution is -0.154. The maximum atomic E-state index is 12.3. The molecule has 0 aliphatic heterocycles. The number of hydrogen-bond acceptors (Lipinski definition) is 4. The zero-order valence-electron chi connectivity index (χ0n) is 25.1. The van der Waals surface area contributed by atoms with Gasteiger partial charge in [-0.1, -0.05) is 72.5 Å². The smallest absolute Gasteiger partial charge is 0.306 e. The number of hydrogen-bond donors (Lipinski definition) is 0. The van der Waals surface area contributed by atoms with Crippen LogP contribution in [0.1, 0.15) is 131 Å². The normalized spacial score (nSPS) is 36.3. The van der Waals surface area contributed by atoms with E-state index in [2.05, 4.69) is 38.5 Å². The molecule has 212 valence electrons. The molecule has 0 aromatic carbocycles. The zero-order chi connectivity index (χ0) is 27.2. The topological polar surface area (TPSA) is 52.6 Å². The second kappa shape index (κ2) is 13.2. The summed E-state index contributed by atoms with van der Waals surface area (Å²) in [5, 5.41) is 0. The minimum atomic E-state index is -0.354. The average Bonchev–Trinajstić information content (AvgIpc) is 3.22. The lowest BCUT2D eigenvalue weighted by Gasteiger charge is -2.58. The van der Waals surface area contributed by atoms with Crippen molar-refractivity contribution in [2.24, 2.45) is 40.4 Å². The molecule has 37 heavy (non-hydrogen) atoms. The van der Waals surface area contributed by atoms with Crippen molar-refractivity contribution in [2.75, 3.05) is 7.11 Å². The van der Waals surface area contributed by atoms with Gasteiger partial charge >= 0.3 is 11.9 Å². The van der Waals surface area contributed by atoms with Crippen molar-refractivity contribution < 1.29 is 19.1 Å². The number of methoxy groups -OCH3 is 1. The quantitative estimate of drug-likeness (QED) is 0.175. The molecular formula is C33H56O4. The fourth-order valence-corrected chi connectivity index (χ4v) is 8.81. The van der Waals surface area contributed by atoms with Crippen molar-refractivity contribution in [3.8, 4) is 0 Å². The fraction of sp³-hybridized carbons (Fsp3) is 0.879. The van der Waals surface area contributed by atoms with E-state index in [1.807, 2.05) is 13.8 Å².